The van der Waals surface area contributed by atoms with Crippen molar-refractivity contribution in [1.82, 2.24) is 5.16 Å². The van der Waals surface area contributed by atoms with Crippen LogP contribution < -0.4 is 5.32 Å². The molecule has 0 saturated heterocycles. The molecule has 0 saturated carbocycles. The third-order valence-corrected chi connectivity index (χ3v) is 1.94. The third-order valence-electron chi connectivity index (χ3n) is 1.94. The van der Waals surface area contributed by atoms with Gasteiger partial charge in [0.1, 0.15) is 5.76 Å². The SMILES string of the molecule is CC[C@H](C)C(=O)Nc1cc(C)on1. The molecule has 4 heteroatoms. The van der Waals surface area contributed by atoms with Crippen LogP contribution in [0.3, 0.4) is 0 Å². The predicted octanol–water partition coefficient (Wildman–Crippen LogP) is 1.97. The van der Waals surface area contributed by atoms with Gasteiger partial charge in [0.2, 0.25) is 5.91 Å². The largest absolute Gasteiger partial charge is 0.360 e. The molecule has 0 aromatic carbocycles. The topological polar surface area (TPSA) is 55.1 Å². The van der Waals surface area contributed by atoms with Crippen molar-refractivity contribution < 1.29 is 9.32 Å². The van der Waals surface area contributed by atoms with Gasteiger partial charge < -0.3 is 9.84 Å². The van der Waals surface area contributed by atoms with Crippen LogP contribution in [-0.2, 0) is 4.79 Å². The van der Waals surface area contributed by atoms with Gasteiger partial charge in [0, 0.05) is 12.0 Å². The van der Waals surface area contributed by atoms with Gasteiger partial charge >= 0.3 is 0 Å². The standard InChI is InChI=1S/C9H14N2O2/c1-4-6(2)9(12)10-8-5-7(3)13-11-8/h5-6H,4H2,1-3H3,(H,10,11,12)/t6-/m0/s1. The van der Waals surface area contributed by atoms with Crippen LogP contribution in [0.2, 0.25) is 0 Å². The number of amides is 1. The molecule has 0 bridgehead atoms. The number of aryl methyl sites for hydroxylation is 1. The molecule has 0 aliphatic carbocycles. The van der Waals surface area contributed by atoms with Gasteiger partial charge in [-0.2, -0.15) is 0 Å². The summed E-state index contributed by atoms with van der Waals surface area (Å²) in [6, 6.07) is 1.69. The van der Waals surface area contributed by atoms with E-state index in [0.29, 0.717) is 11.6 Å². The Bertz CT molecular complexity index is 294. The molecule has 1 N–H and O–H groups in total. The lowest BCUT2D eigenvalue weighted by Crippen LogP contribution is -2.19. The maximum absolute atomic E-state index is 11.4. The molecule has 1 aromatic heterocycles. The molecule has 0 radical (unpaired) electrons. The smallest absolute Gasteiger partial charge is 0.228 e. The molecular formula is C9H14N2O2. The number of carbonyl (C=O) groups is 1. The second-order valence-electron chi connectivity index (χ2n) is 3.12. The van der Waals surface area contributed by atoms with E-state index in [1.165, 1.54) is 0 Å². The van der Waals surface area contributed by atoms with Crippen molar-refractivity contribution in [2.24, 2.45) is 5.92 Å². The average molecular weight is 182 g/mol. The summed E-state index contributed by atoms with van der Waals surface area (Å²) in [5.41, 5.74) is 0. The van der Waals surface area contributed by atoms with Gasteiger partial charge in [-0.15, -0.1) is 0 Å². The minimum Gasteiger partial charge on any atom is -0.360 e. The Hall–Kier alpha value is -1.32. The van der Waals surface area contributed by atoms with Crippen LogP contribution in [-0.4, -0.2) is 11.1 Å². The van der Waals surface area contributed by atoms with Crippen LogP contribution in [0.5, 0.6) is 0 Å². The lowest BCUT2D eigenvalue weighted by Gasteiger charge is -2.06. The fraction of sp³-hybridized carbons (Fsp3) is 0.556. The Morgan fingerprint density at radius 2 is 2.46 bits per heavy atom. The zero-order valence-electron chi connectivity index (χ0n) is 8.13. The number of rotatable bonds is 3. The molecule has 1 heterocycles. The first-order valence-corrected chi connectivity index (χ1v) is 4.37. The van der Waals surface area contributed by atoms with Gasteiger partial charge in [0.05, 0.1) is 0 Å². The summed E-state index contributed by atoms with van der Waals surface area (Å²) in [6.45, 7) is 5.63. The van der Waals surface area contributed by atoms with Gasteiger partial charge in [-0.3, -0.25) is 4.79 Å². The lowest BCUT2D eigenvalue weighted by atomic mass is 10.1. The fourth-order valence-electron chi connectivity index (χ4n) is 0.860. The van der Waals surface area contributed by atoms with E-state index < -0.39 is 0 Å². The van der Waals surface area contributed by atoms with E-state index in [9.17, 15) is 4.79 Å². The third kappa shape index (κ3) is 2.57. The zero-order chi connectivity index (χ0) is 9.84. The van der Waals surface area contributed by atoms with Crippen molar-refractivity contribution >= 4 is 11.7 Å². The highest BCUT2D eigenvalue weighted by Crippen LogP contribution is 2.09. The summed E-state index contributed by atoms with van der Waals surface area (Å²) in [7, 11) is 0. The Morgan fingerprint density at radius 3 is 2.92 bits per heavy atom. The van der Waals surface area contributed by atoms with Crippen molar-refractivity contribution in [3.05, 3.63) is 11.8 Å². The van der Waals surface area contributed by atoms with E-state index in [-0.39, 0.29) is 11.8 Å². The second-order valence-corrected chi connectivity index (χ2v) is 3.12. The molecule has 0 aliphatic heterocycles. The summed E-state index contributed by atoms with van der Waals surface area (Å²) in [5, 5.41) is 6.34. The normalized spacial score (nSPS) is 12.5. The summed E-state index contributed by atoms with van der Waals surface area (Å²) in [6.07, 6.45) is 0.822. The minimum absolute atomic E-state index is 0.0111. The number of carbonyl (C=O) groups excluding carboxylic acids is 1. The molecular weight excluding hydrogens is 168 g/mol. The molecule has 0 unspecified atom stereocenters. The maximum Gasteiger partial charge on any atom is 0.228 e. The molecule has 72 valence electrons. The quantitative estimate of drug-likeness (QED) is 0.777. The first kappa shape index (κ1) is 9.77. The number of hydrogen-bond acceptors (Lipinski definition) is 3. The van der Waals surface area contributed by atoms with Crippen molar-refractivity contribution in [3.63, 3.8) is 0 Å². The Labute approximate surface area is 77.3 Å². The fourth-order valence-corrected chi connectivity index (χ4v) is 0.860. The molecule has 1 aromatic rings. The highest BCUT2D eigenvalue weighted by molar-refractivity contribution is 5.91. The highest BCUT2D eigenvalue weighted by Gasteiger charge is 2.11. The minimum atomic E-state index is -0.0178. The molecule has 1 atom stereocenters. The summed E-state index contributed by atoms with van der Waals surface area (Å²) in [5.74, 6) is 1.18. The summed E-state index contributed by atoms with van der Waals surface area (Å²) in [4.78, 5) is 11.4. The number of nitrogens with one attached hydrogen (secondary N) is 1. The monoisotopic (exact) mass is 182 g/mol. The van der Waals surface area contributed by atoms with Crippen molar-refractivity contribution in [2.75, 3.05) is 5.32 Å². The van der Waals surface area contributed by atoms with Crippen LogP contribution >= 0.6 is 0 Å². The van der Waals surface area contributed by atoms with Gasteiger partial charge in [-0.25, -0.2) is 0 Å². The van der Waals surface area contributed by atoms with Crippen molar-refractivity contribution in [3.8, 4) is 0 Å². The van der Waals surface area contributed by atoms with Crippen LogP contribution in [0.4, 0.5) is 5.82 Å². The van der Waals surface area contributed by atoms with Gasteiger partial charge in [0.15, 0.2) is 5.82 Å². The Kier molecular flexibility index (Phi) is 3.06. The van der Waals surface area contributed by atoms with E-state index in [1.54, 1.807) is 13.0 Å². The molecule has 0 spiro atoms. The van der Waals surface area contributed by atoms with Crippen LogP contribution in [0.15, 0.2) is 10.6 Å². The molecule has 1 amide bonds. The van der Waals surface area contributed by atoms with E-state index in [1.807, 2.05) is 13.8 Å². The van der Waals surface area contributed by atoms with Gasteiger partial charge in [-0.05, 0) is 13.3 Å². The van der Waals surface area contributed by atoms with Crippen molar-refractivity contribution in [2.45, 2.75) is 27.2 Å². The number of aromatic nitrogens is 1. The van der Waals surface area contributed by atoms with Crippen molar-refractivity contribution in [1.29, 1.82) is 0 Å². The predicted molar refractivity (Wildman–Crippen MR) is 49.3 cm³/mol. The van der Waals surface area contributed by atoms with E-state index in [2.05, 4.69) is 10.5 Å². The Morgan fingerprint density at radius 1 is 1.77 bits per heavy atom. The molecule has 0 aliphatic rings. The van der Waals surface area contributed by atoms with Crippen LogP contribution in [0, 0.1) is 12.8 Å². The zero-order valence-corrected chi connectivity index (χ0v) is 8.13. The molecule has 4 nitrogen and oxygen atoms in total. The number of anilines is 1. The second kappa shape index (κ2) is 4.07. The van der Waals surface area contributed by atoms with Gasteiger partial charge in [-0.1, -0.05) is 19.0 Å². The van der Waals surface area contributed by atoms with E-state index in [4.69, 9.17) is 4.52 Å². The van der Waals surface area contributed by atoms with Crippen LogP contribution in [0.1, 0.15) is 26.0 Å². The highest BCUT2D eigenvalue weighted by atomic mass is 16.5. The summed E-state index contributed by atoms with van der Waals surface area (Å²) >= 11 is 0. The molecule has 1 rings (SSSR count). The maximum atomic E-state index is 11.4. The lowest BCUT2D eigenvalue weighted by molar-refractivity contribution is -0.119. The number of nitrogens with zero attached hydrogens (tertiary/aromatic N) is 1. The number of hydrogen-bond donors (Lipinski definition) is 1. The summed E-state index contributed by atoms with van der Waals surface area (Å²) < 4.78 is 4.81. The first-order valence-electron chi connectivity index (χ1n) is 4.37. The Balaban J connectivity index is 2.54. The van der Waals surface area contributed by atoms with E-state index in [0.717, 1.165) is 6.42 Å². The van der Waals surface area contributed by atoms with E-state index >= 15 is 0 Å². The average Bonchev–Trinajstić information content (AvgIpc) is 2.49. The molecule has 13 heavy (non-hydrogen) atoms. The molecule has 0 fully saturated rings. The van der Waals surface area contributed by atoms with Gasteiger partial charge in [0.25, 0.3) is 0 Å². The van der Waals surface area contributed by atoms with Crippen LogP contribution in [0.25, 0.3) is 0 Å². The first-order chi connectivity index (χ1) is 6.13.